The van der Waals surface area contributed by atoms with E-state index in [1.165, 1.54) is 44.9 Å². The van der Waals surface area contributed by atoms with E-state index < -0.39 is 5.60 Å². The molecule has 1 fully saturated rings. The van der Waals surface area contributed by atoms with Crippen LogP contribution >= 0.6 is 0 Å². The molecule has 0 aromatic carbocycles. The smallest absolute Gasteiger partial charge is 0.0637 e. The number of piperidine rings is 1. The van der Waals surface area contributed by atoms with Crippen molar-refractivity contribution in [3.63, 3.8) is 0 Å². The fraction of sp³-hybridized carbons (Fsp3) is 1.00. The van der Waals surface area contributed by atoms with Crippen molar-refractivity contribution in [2.75, 3.05) is 6.54 Å². The van der Waals surface area contributed by atoms with Gasteiger partial charge in [0.1, 0.15) is 0 Å². The van der Waals surface area contributed by atoms with E-state index in [1.807, 2.05) is 6.92 Å². The summed E-state index contributed by atoms with van der Waals surface area (Å²) < 4.78 is 0. The van der Waals surface area contributed by atoms with Crippen molar-refractivity contribution in [1.29, 1.82) is 0 Å². The van der Waals surface area contributed by atoms with Crippen LogP contribution in [0.2, 0.25) is 0 Å². The molecule has 3 unspecified atom stereocenters. The van der Waals surface area contributed by atoms with E-state index in [0.717, 1.165) is 19.4 Å². The van der Waals surface area contributed by atoms with Crippen molar-refractivity contribution in [1.82, 2.24) is 5.32 Å². The van der Waals surface area contributed by atoms with Gasteiger partial charge in [-0.3, -0.25) is 0 Å². The Labute approximate surface area is 114 Å². The van der Waals surface area contributed by atoms with Gasteiger partial charge in [0.2, 0.25) is 0 Å². The van der Waals surface area contributed by atoms with Crippen LogP contribution in [0, 0.1) is 5.92 Å². The van der Waals surface area contributed by atoms with E-state index in [4.69, 9.17) is 0 Å². The fourth-order valence-electron chi connectivity index (χ4n) is 3.28. The van der Waals surface area contributed by atoms with E-state index in [1.54, 1.807) is 0 Å². The maximum atomic E-state index is 10.6. The maximum absolute atomic E-state index is 10.6. The summed E-state index contributed by atoms with van der Waals surface area (Å²) >= 11 is 0. The van der Waals surface area contributed by atoms with Gasteiger partial charge in [0.15, 0.2) is 0 Å². The molecule has 1 aliphatic heterocycles. The van der Waals surface area contributed by atoms with Crippen molar-refractivity contribution in [3.8, 4) is 0 Å². The van der Waals surface area contributed by atoms with Crippen LogP contribution in [0.1, 0.15) is 78.6 Å². The minimum absolute atomic E-state index is 0.483. The first-order valence-electron chi connectivity index (χ1n) is 8.03. The Morgan fingerprint density at radius 1 is 1.33 bits per heavy atom. The van der Waals surface area contributed by atoms with Gasteiger partial charge >= 0.3 is 0 Å². The van der Waals surface area contributed by atoms with Crippen LogP contribution in [0.15, 0.2) is 0 Å². The highest BCUT2D eigenvalue weighted by Gasteiger charge is 2.28. The van der Waals surface area contributed by atoms with Crippen molar-refractivity contribution in [2.24, 2.45) is 5.92 Å². The first kappa shape index (κ1) is 16.0. The molecule has 1 heterocycles. The van der Waals surface area contributed by atoms with Gasteiger partial charge in [-0.1, -0.05) is 46.0 Å². The molecule has 0 spiro atoms. The quantitative estimate of drug-likeness (QED) is 0.690. The molecule has 1 aliphatic rings. The maximum Gasteiger partial charge on any atom is 0.0637 e. The molecule has 0 amide bonds. The SMILES string of the molecule is CCCCC(CC)CC(C)(O)CC1CCCCN1. The first-order chi connectivity index (χ1) is 8.57. The summed E-state index contributed by atoms with van der Waals surface area (Å²) in [6.07, 6.45) is 10.8. The summed E-state index contributed by atoms with van der Waals surface area (Å²) in [5.74, 6) is 0.698. The van der Waals surface area contributed by atoms with Crippen LogP contribution in [0.3, 0.4) is 0 Å². The molecule has 3 atom stereocenters. The van der Waals surface area contributed by atoms with Crippen molar-refractivity contribution >= 4 is 0 Å². The third kappa shape index (κ3) is 6.19. The van der Waals surface area contributed by atoms with Crippen LogP contribution in [0.4, 0.5) is 0 Å². The molecule has 0 bridgehead atoms. The van der Waals surface area contributed by atoms with E-state index in [0.29, 0.717) is 12.0 Å². The zero-order valence-corrected chi connectivity index (χ0v) is 12.7. The average Bonchev–Trinajstić information content (AvgIpc) is 2.35. The molecule has 108 valence electrons. The van der Waals surface area contributed by atoms with E-state index in [-0.39, 0.29) is 0 Å². The van der Waals surface area contributed by atoms with Gasteiger partial charge in [0, 0.05) is 6.04 Å². The van der Waals surface area contributed by atoms with Gasteiger partial charge < -0.3 is 10.4 Å². The Morgan fingerprint density at radius 2 is 2.11 bits per heavy atom. The predicted molar refractivity (Wildman–Crippen MR) is 78.8 cm³/mol. The Balaban J connectivity index is 2.35. The zero-order chi connectivity index (χ0) is 13.4. The van der Waals surface area contributed by atoms with Gasteiger partial charge in [0.05, 0.1) is 5.60 Å². The summed E-state index contributed by atoms with van der Waals surface area (Å²) in [6.45, 7) is 7.68. The molecule has 0 aromatic heterocycles. The van der Waals surface area contributed by atoms with Gasteiger partial charge in [-0.15, -0.1) is 0 Å². The Morgan fingerprint density at radius 3 is 2.67 bits per heavy atom. The predicted octanol–water partition coefficient (Wildman–Crippen LogP) is 3.88. The number of hydrogen-bond acceptors (Lipinski definition) is 2. The molecule has 1 saturated heterocycles. The van der Waals surface area contributed by atoms with Crippen LogP contribution in [-0.4, -0.2) is 23.3 Å². The molecule has 2 nitrogen and oxygen atoms in total. The molecule has 0 aliphatic carbocycles. The van der Waals surface area contributed by atoms with E-state index in [9.17, 15) is 5.11 Å². The van der Waals surface area contributed by atoms with Gasteiger partial charge in [-0.05, 0) is 45.1 Å². The van der Waals surface area contributed by atoms with Crippen LogP contribution < -0.4 is 5.32 Å². The van der Waals surface area contributed by atoms with E-state index >= 15 is 0 Å². The molecular weight excluding hydrogens is 222 g/mol. The highest BCUT2D eigenvalue weighted by molar-refractivity contribution is 4.84. The summed E-state index contributed by atoms with van der Waals surface area (Å²) in [6, 6.07) is 0.539. The van der Waals surface area contributed by atoms with Crippen LogP contribution in [-0.2, 0) is 0 Å². The minimum Gasteiger partial charge on any atom is -0.390 e. The molecule has 18 heavy (non-hydrogen) atoms. The molecule has 0 saturated carbocycles. The summed E-state index contributed by atoms with van der Waals surface area (Å²) in [5.41, 5.74) is -0.483. The second-order valence-electron chi connectivity index (χ2n) is 6.47. The molecule has 2 N–H and O–H groups in total. The second-order valence-corrected chi connectivity index (χ2v) is 6.47. The number of unbranched alkanes of at least 4 members (excludes halogenated alkanes) is 1. The standard InChI is InChI=1S/C16H33NO/c1-4-6-9-14(5-2)12-16(3,18)13-15-10-7-8-11-17-15/h14-15,17-18H,4-13H2,1-3H3. The Kier molecular flexibility index (Phi) is 7.25. The highest BCUT2D eigenvalue weighted by atomic mass is 16.3. The molecule has 0 radical (unpaired) electrons. The lowest BCUT2D eigenvalue weighted by atomic mass is 9.82. The minimum atomic E-state index is -0.483. The van der Waals surface area contributed by atoms with Gasteiger partial charge in [-0.25, -0.2) is 0 Å². The topological polar surface area (TPSA) is 32.3 Å². The van der Waals surface area contributed by atoms with Gasteiger partial charge in [-0.2, -0.15) is 0 Å². The summed E-state index contributed by atoms with van der Waals surface area (Å²) in [7, 11) is 0. The number of aliphatic hydroxyl groups is 1. The third-order valence-electron chi connectivity index (χ3n) is 4.37. The van der Waals surface area contributed by atoms with Crippen molar-refractivity contribution in [2.45, 2.75) is 90.2 Å². The summed E-state index contributed by atoms with van der Waals surface area (Å²) in [4.78, 5) is 0. The van der Waals surface area contributed by atoms with Crippen LogP contribution in [0.5, 0.6) is 0 Å². The number of rotatable bonds is 8. The fourth-order valence-corrected chi connectivity index (χ4v) is 3.28. The second kappa shape index (κ2) is 8.16. The first-order valence-corrected chi connectivity index (χ1v) is 8.03. The zero-order valence-electron chi connectivity index (χ0n) is 12.7. The molecule has 0 aromatic rings. The normalized spacial score (nSPS) is 25.7. The van der Waals surface area contributed by atoms with Gasteiger partial charge in [0.25, 0.3) is 0 Å². The lowest BCUT2D eigenvalue weighted by Gasteiger charge is -2.34. The lowest BCUT2D eigenvalue weighted by Crippen LogP contribution is -2.41. The van der Waals surface area contributed by atoms with E-state index in [2.05, 4.69) is 19.2 Å². The monoisotopic (exact) mass is 255 g/mol. The molecular formula is C16H33NO. The van der Waals surface area contributed by atoms with Crippen molar-refractivity contribution in [3.05, 3.63) is 0 Å². The Bertz CT molecular complexity index is 209. The average molecular weight is 255 g/mol. The lowest BCUT2D eigenvalue weighted by molar-refractivity contribution is 0.0112. The Hall–Kier alpha value is -0.0800. The number of nitrogens with one attached hydrogen (secondary N) is 1. The molecule has 2 heteroatoms. The number of hydrogen-bond donors (Lipinski definition) is 2. The molecule has 1 rings (SSSR count). The third-order valence-corrected chi connectivity index (χ3v) is 4.37. The highest BCUT2D eigenvalue weighted by Crippen LogP contribution is 2.29. The van der Waals surface area contributed by atoms with Crippen LogP contribution in [0.25, 0.3) is 0 Å². The van der Waals surface area contributed by atoms with Crippen molar-refractivity contribution < 1.29 is 5.11 Å². The summed E-state index contributed by atoms with van der Waals surface area (Å²) in [5, 5.41) is 14.2. The largest absolute Gasteiger partial charge is 0.390 e.